The second kappa shape index (κ2) is 3.87. The van der Waals surface area contributed by atoms with Crippen LogP contribution in [-0.4, -0.2) is 60.1 Å². The first-order valence-corrected chi connectivity index (χ1v) is 4.28. The van der Waals surface area contributed by atoms with Crippen molar-refractivity contribution in [1.82, 2.24) is 9.80 Å². The van der Waals surface area contributed by atoms with Gasteiger partial charge in [0.05, 0.1) is 6.04 Å². The van der Waals surface area contributed by atoms with Gasteiger partial charge in [0.25, 0.3) is 0 Å². The summed E-state index contributed by atoms with van der Waals surface area (Å²) < 4.78 is 0. The molecular formula is C8H16N2O2. The molecule has 4 heteroatoms. The summed E-state index contributed by atoms with van der Waals surface area (Å²) in [4.78, 5) is 15.0. The van der Waals surface area contributed by atoms with Crippen molar-refractivity contribution in [3.8, 4) is 0 Å². The highest BCUT2D eigenvalue weighted by molar-refractivity contribution is 5.77. The summed E-state index contributed by atoms with van der Waals surface area (Å²) in [5.74, 6) is -0.157. The summed E-state index contributed by atoms with van der Waals surface area (Å²) in [5.41, 5.74) is 0. The zero-order valence-corrected chi connectivity index (χ0v) is 7.66. The third-order valence-electron chi connectivity index (χ3n) is 2.28. The van der Waals surface area contributed by atoms with E-state index in [0.29, 0.717) is 12.6 Å². The van der Waals surface area contributed by atoms with Gasteiger partial charge < -0.3 is 14.9 Å². The summed E-state index contributed by atoms with van der Waals surface area (Å²) in [5, 5.41) is 8.67. The molecule has 1 aliphatic rings. The maximum absolute atomic E-state index is 11.1. The summed E-state index contributed by atoms with van der Waals surface area (Å²) in [6.07, 6.45) is 0. The Labute approximate surface area is 72.8 Å². The SMILES string of the molecule is CCN(C(=O)CO)C1CN(C)C1. The van der Waals surface area contributed by atoms with Gasteiger partial charge >= 0.3 is 0 Å². The van der Waals surface area contributed by atoms with E-state index in [4.69, 9.17) is 5.11 Å². The number of likely N-dealkylation sites (tertiary alicyclic amines) is 1. The Morgan fingerprint density at radius 1 is 1.67 bits per heavy atom. The topological polar surface area (TPSA) is 43.8 Å². The van der Waals surface area contributed by atoms with Gasteiger partial charge in [0, 0.05) is 19.6 Å². The molecular weight excluding hydrogens is 156 g/mol. The third-order valence-corrected chi connectivity index (χ3v) is 2.28. The molecule has 0 unspecified atom stereocenters. The molecule has 1 saturated heterocycles. The average molecular weight is 172 g/mol. The Kier molecular flexibility index (Phi) is 3.05. The molecule has 4 nitrogen and oxygen atoms in total. The molecule has 1 fully saturated rings. The standard InChI is InChI=1S/C8H16N2O2/c1-3-10(8(12)6-11)7-4-9(2)5-7/h7,11H,3-6H2,1-2H3. The van der Waals surface area contributed by atoms with Gasteiger partial charge in [-0.1, -0.05) is 0 Å². The van der Waals surface area contributed by atoms with Crippen molar-refractivity contribution < 1.29 is 9.90 Å². The van der Waals surface area contributed by atoms with Crippen LogP contribution >= 0.6 is 0 Å². The van der Waals surface area contributed by atoms with Crippen LogP contribution in [0.15, 0.2) is 0 Å². The molecule has 12 heavy (non-hydrogen) atoms. The number of aliphatic hydroxyl groups excluding tert-OH is 1. The van der Waals surface area contributed by atoms with E-state index in [1.54, 1.807) is 4.90 Å². The molecule has 1 aliphatic heterocycles. The predicted molar refractivity (Wildman–Crippen MR) is 45.8 cm³/mol. The van der Waals surface area contributed by atoms with Crippen molar-refractivity contribution in [3.63, 3.8) is 0 Å². The Morgan fingerprint density at radius 2 is 2.25 bits per heavy atom. The molecule has 0 atom stereocenters. The van der Waals surface area contributed by atoms with E-state index in [9.17, 15) is 4.79 Å². The van der Waals surface area contributed by atoms with Crippen LogP contribution in [0.5, 0.6) is 0 Å². The van der Waals surface area contributed by atoms with Gasteiger partial charge in [-0.2, -0.15) is 0 Å². The lowest BCUT2D eigenvalue weighted by Gasteiger charge is -2.43. The Balaban J connectivity index is 2.40. The van der Waals surface area contributed by atoms with Crippen LogP contribution in [0, 0.1) is 0 Å². The normalized spacial score (nSPS) is 18.9. The van der Waals surface area contributed by atoms with Crippen molar-refractivity contribution in [2.24, 2.45) is 0 Å². The van der Waals surface area contributed by atoms with Crippen molar-refractivity contribution in [2.75, 3.05) is 33.3 Å². The van der Waals surface area contributed by atoms with Crippen LogP contribution in [0.3, 0.4) is 0 Å². The fraction of sp³-hybridized carbons (Fsp3) is 0.875. The van der Waals surface area contributed by atoms with Crippen LogP contribution in [0.4, 0.5) is 0 Å². The van der Waals surface area contributed by atoms with Crippen molar-refractivity contribution in [3.05, 3.63) is 0 Å². The van der Waals surface area contributed by atoms with E-state index in [1.807, 2.05) is 14.0 Å². The molecule has 1 N–H and O–H groups in total. The fourth-order valence-corrected chi connectivity index (χ4v) is 1.59. The lowest BCUT2D eigenvalue weighted by atomic mass is 10.1. The van der Waals surface area contributed by atoms with Crippen molar-refractivity contribution >= 4 is 5.91 Å². The first-order chi connectivity index (χ1) is 5.69. The first-order valence-electron chi connectivity index (χ1n) is 4.28. The molecule has 70 valence electrons. The van der Waals surface area contributed by atoms with Crippen molar-refractivity contribution in [2.45, 2.75) is 13.0 Å². The molecule has 0 spiro atoms. The number of carbonyl (C=O) groups is 1. The van der Waals surface area contributed by atoms with E-state index in [0.717, 1.165) is 13.1 Å². The molecule has 0 bridgehead atoms. The van der Waals surface area contributed by atoms with E-state index in [1.165, 1.54) is 0 Å². The summed E-state index contributed by atoms with van der Waals surface area (Å²) in [6.45, 7) is 4.12. The summed E-state index contributed by atoms with van der Waals surface area (Å²) >= 11 is 0. The Morgan fingerprint density at radius 3 is 2.58 bits per heavy atom. The van der Waals surface area contributed by atoms with Crippen LogP contribution in [-0.2, 0) is 4.79 Å². The van der Waals surface area contributed by atoms with E-state index in [2.05, 4.69) is 4.90 Å². The molecule has 0 saturated carbocycles. The number of nitrogens with zero attached hydrogens (tertiary/aromatic N) is 2. The quantitative estimate of drug-likeness (QED) is 0.602. The van der Waals surface area contributed by atoms with Gasteiger partial charge in [-0.05, 0) is 14.0 Å². The third kappa shape index (κ3) is 1.76. The fourth-order valence-electron chi connectivity index (χ4n) is 1.59. The number of carbonyl (C=O) groups excluding carboxylic acids is 1. The Hall–Kier alpha value is -0.610. The highest BCUT2D eigenvalue weighted by atomic mass is 16.3. The lowest BCUT2D eigenvalue weighted by molar-refractivity contribution is -0.139. The second-order valence-electron chi connectivity index (χ2n) is 3.21. The van der Waals surface area contributed by atoms with E-state index < -0.39 is 0 Å². The minimum Gasteiger partial charge on any atom is -0.387 e. The monoisotopic (exact) mass is 172 g/mol. The summed E-state index contributed by atoms with van der Waals surface area (Å²) in [6, 6.07) is 0.319. The zero-order valence-electron chi connectivity index (χ0n) is 7.66. The number of hydrogen-bond donors (Lipinski definition) is 1. The Bertz CT molecular complexity index is 166. The zero-order chi connectivity index (χ0) is 9.14. The minimum atomic E-state index is -0.367. The van der Waals surface area contributed by atoms with Gasteiger partial charge in [0.1, 0.15) is 6.61 Å². The average Bonchev–Trinajstić information content (AvgIpc) is 2.02. The van der Waals surface area contributed by atoms with E-state index in [-0.39, 0.29) is 12.5 Å². The number of hydrogen-bond acceptors (Lipinski definition) is 3. The van der Waals surface area contributed by atoms with Gasteiger partial charge in [-0.15, -0.1) is 0 Å². The van der Waals surface area contributed by atoms with E-state index >= 15 is 0 Å². The molecule has 0 aromatic rings. The molecule has 1 rings (SSSR count). The number of rotatable bonds is 3. The van der Waals surface area contributed by atoms with Crippen LogP contribution in [0.25, 0.3) is 0 Å². The van der Waals surface area contributed by atoms with Crippen LogP contribution in [0.1, 0.15) is 6.92 Å². The predicted octanol–water partition coefficient (Wildman–Crippen LogP) is -0.859. The molecule has 0 aromatic heterocycles. The van der Waals surface area contributed by atoms with Gasteiger partial charge in [0.15, 0.2) is 0 Å². The molecule has 0 radical (unpaired) electrons. The lowest BCUT2D eigenvalue weighted by Crippen LogP contribution is -2.59. The van der Waals surface area contributed by atoms with Crippen molar-refractivity contribution in [1.29, 1.82) is 0 Å². The highest BCUT2D eigenvalue weighted by Crippen LogP contribution is 2.12. The number of likely N-dealkylation sites (N-methyl/N-ethyl adjacent to an activating group) is 2. The molecule has 1 amide bonds. The number of aliphatic hydroxyl groups is 1. The minimum absolute atomic E-state index is 0.157. The molecule has 0 aromatic carbocycles. The smallest absolute Gasteiger partial charge is 0.248 e. The first kappa shape index (κ1) is 9.48. The maximum Gasteiger partial charge on any atom is 0.248 e. The number of amides is 1. The second-order valence-corrected chi connectivity index (χ2v) is 3.21. The van der Waals surface area contributed by atoms with Gasteiger partial charge in [0.2, 0.25) is 5.91 Å². The largest absolute Gasteiger partial charge is 0.387 e. The van der Waals surface area contributed by atoms with Gasteiger partial charge in [-0.25, -0.2) is 0 Å². The van der Waals surface area contributed by atoms with Crippen LogP contribution < -0.4 is 0 Å². The highest BCUT2D eigenvalue weighted by Gasteiger charge is 2.30. The maximum atomic E-state index is 11.1. The molecule has 0 aliphatic carbocycles. The molecule has 1 heterocycles. The van der Waals surface area contributed by atoms with Crippen LogP contribution in [0.2, 0.25) is 0 Å². The van der Waals surface area contributed by atoms with Gasteiger partial charge in [-0.3, -0.25) is 4.79 Å². The summed E-state index contributed by atoms with van der Waals surface area (Å²) in [7, 11) is 2.02.